The van der Waals surface area contributed by atoms with Gasteiger partial charge in [0.05, 0.1) is 27.7 Å². The molecule has 1 aromatic heterocycles. The van der Waals surface area contributed by atoms with Gasteiger partial charge < -0.3 is 10.4 Å². The maximum atomic E-state index is 11.2. The van der Waals surface area contributed by atoms with Crippen LogP contribution in [0.25, 0.3) is 5.69 Å². The molecule has 2 aromatic rings. The standard InChI is InChI=1S/C16H18ClN3O2/c1-2-3-13-11-9-18-7-6-14(11)20(19-13)15-8-10(16(21)22)4-5-12(15)17/h4-5,8,18H,2-3,6-7,9H2,1H3,(H,21,22). The molecule has 22 heavy (non-hydrogen) atoms. The molecule has 6 heteroatoms. The maximum absolute atomic E-state index is 11.2. The van der Waals surface area contributed by atoms with Crippen LogP contribution in [0.2, 0.25) is 5.02 Å². The number of fused-ring (bicyclic) bond motifs is 1. The van der Waals surface area contributed by atoms with Gasteiger partial charge >= 0.3 is 5.97 Å². The number of nitrogens with zero attached hydrogens (tertiary/aromatic N) is 2. The fourth-order valence-electron chi connectivity index (χ4n) is 2.86. The number of aryl methyl sites for hydroxylation is 1. The first-order chi connectivity index (χ1) is 10.6. The first-order valence-electron chi connectivity index (χ1n) is 7.45. The molecule has 1 aromatic carbocycles. The Morgan fingerprint density at radius 1 is 1.50 bits per heavy atom. The van der Waals surface area contributed by atoms with Crippen LogP contribution in [0.4, 0.5) is 0 Å². The van der Waals surface area contributed by atoms with Gasteiger partial charge in [-0.15, -0.1) is 0 Å². The first kappa shape index (κ1) is 15.1. The number of nitrogens with one attached hydrogen (secondary N) is 1. The monoisotopic (exact) mass is 319 g/mol. The van der Waals surface area contributed by atoms with E-state index in [1.165, 1.54) is 11.6 Å². The molecular formula is C16H18ClN3O2. The Morgan fingerprint density at radius 3 is 3.05 bits per heavy atom. The molecular weight excluding hydrogens is 302 g/mol. The molecule has 3 rings (SSSR count). The van der Waals surface area contributed by atoms with Gasteiger partial charge in [0.15, 0.2) is 0 Å². The highest BCUT2D eigenvalue weighted by molar-refractivity contribution is 6.32. The van der Waals surface area contributed by atoms with Crippen molar-refractivity contribution < 1.29 is 9.90 Å². The van der Waals surface area contributed by atoms with Crippen molar-refractivity contribution in [1.29, 1.82) is 0 Å². The number of hydrogen-bond donors (Lipinski definition) is 2. The molecule has 2 heterocycles. The minimum Gasteiger partial charge on any atom is -0.478 e. The van der Waals surface area contributed by atoms with Crippen LogP contribution in [0.15, 0.2) is 18.2 Å². The molecule has 0 aliphatic carbocycles. The summed E-state index contributed by atoms with van der Waals surface area (Å²) in [6.07, 6.45) is 2.79. The van der Waals surface area contributed by atoms with Crippen molar-refractivity contribution in [2.75, 3.05) is 6.54 Å². The van der Waals surface area contributed by atoms with E-state index in [2.05, 4.69) is 12.2 Å². The largest absolute Gasteiger partial charge is 0.478 e. The van der Waals surface area contributed by atoms with Crippen LogP contribution in [-0.2, 0) is 19.4 Å². The molecule has 0 saturated heterocycles. The lowest BCUT2D eigenvalue weighted by Gasteiger charge is -2.16. The number of rotatable bonds is 4. The number of hydrogen-bond acceptors (Lipinski definition) is 3. The van der Waals surface area contributed by atoms with Gasteiger partial charge in [-0.3, -0.25) is 0 Å². The summed E-state index contributed by atoms with van der Waals surface area (Å²) >= 11 is 6.29. The van der Waals surface area contributed by atoms with Crippen molar-refractivity contribution in [1.82, 2.24) is 15.1 Å². The molecule has 2 N–H and O–H groups in total. The van der Waals surface area contributed by atoms with Crippen molar-refractivity contribution >= 4 is 17.6 Å². The van der Waals surface area contributed by atoms with Gasteiger partial charge in [-0.1, -0.05) is 24.9 Å². The van der Waals surface area contributed by atoms with Crippen molar-refractivity contribution in [3.63, 3.8) is 0 Å². The van der Waals surface area contributed by atoms with Crippen LogP contribution in [0, 0.1) is 0 Å². The zero-order chi connectivity index (χ0) is 15.7. The second-order valence-electron chi connectivity index (χ2n) is 5.43. The van der Waals surface area contributed by atoms with E-state index in [4.69, 9.17) is 16.7 Å². The van der Waals surface area contributed by atoms with Crippen LogP contribution in [0.1, 0.15) is 40.7 Å². The fraction of sp³-hybridized carbons (Fsp3) is 0.375. The van der Waals surface area contributed by atoms with Crippen molar-refractivity contribution in [2.45, 2.75) is 32.7 Å². The maximum Gasteiger partial charge on any atom is 0.335 e. The van der Waals surface area contributed by atoms with Crippen molar-refractivity contribution in [3.05, 3.63) is 45.7 Å². The minimum atomic E-state index is -0.964. The van der Waals surface area contributed by atoms with E-state index in [-0.39, 0.29) is 5.56 Å². The lowest BCUT2D eigenvalue weighted by Crippen LogP contribution is -2.25. The summed E-state index contributed by atoms with van der Waals surface area (Å²) in [5.41, 5.74) is 4.29. The molecule has 5 nitrogen and oxygen atoms in total. The molecule has 0 saturated carbocycles. The number of carboxylic acids is 1. The van der Waals surface area contributed by atoms with Crippen LogP contribution in [-0.4, -0.2) is 27.4 Å². The fourth-order valence-corrected chi connectivity index (χ4v) is 3.06. The summed E-state index contributed by atoms with van der Waals surface area (Å²) in [5.74, 6) is -0.964. The summed E-state index contributed by atoms with van der Waals surface area (Å²) in [6.45, 7) is 3.82. The topological polar surface area (TPSA) is 67.2 Å². The van der Waals surface area contributed by atoms with Gasteiger partial charge in [0, 0.05) is 25.1 Å². The average Bonchev–Trinajstić information content (AvgIpc) is 2.87. The molecule has 0 radical (unpaired) electrons. The molecule has 0 unspecified atom stereocenters. The Bertz CT molecular complexity index is 724. The predicted octanol–water partition coefficient (Wildman–Crippen LogP) is 2.82. The van der Waals surface area contributed by atoms with Gasteiger partial charge in [0.2, 0.25) is 0 Å². The molecule has 0 fully saturated rings. The zero-order valence-corrected chi connectivity index (χ0v) is 13.2. The average molecular weight is 320 g/mol. The van der Waals surface area contributed by atoms with Gasteiger partial charge in [-0.2, -0.15) is 5.10 Å². The zero-order valence-electron chi connectivity index (χ0n) is 12.4. The highest BCUT2D eigenvalue weighted by Crippen LogP contribution is 2.28. The van der Waals surface area contributed by atoms with E-state index >= 15 is 0 Å². The lowest BCUT2D eigenvalue weighted by molar-refractivity contribution is 0.0697. The highest BCUT2D eigenvalue weighted by atomic mass is 35.5. The third kappa shape index (κ3) is 2.62. The first-order valence-corrected chi connectivity index (χ1v) is 7.83. The number of benzene rings is 1. The van der Waals surface area contributed by atoms with Crippen LogP contribution < -0.4 is 5.32 Å². The minimum absolute atomic E-state index is 0.217. The second-order valence-corrected chi connectivity index (χ2v) is 5.84. The lowest BCUT2D eigenvalue weighted by atomic mass is 10.0. The van der Waals surface area contributed by atoms with Gasteiger partial charge in [0.25, 0.3) is 0 Å². The van der Waals surface area contributed by atoms with E-state index in [9.17, 15) is 9.90 Å². The van der Waals surface area contributed by atoms with E-state index in [1.54, 1.807) is 12.1 Å². The molecule has 0 bridgehead atoms. The van der Waals surface area contributed by atoms with Gasteiger partial charge in [0.1, 0.15) is 0 Å². The number of carboxylic acid groups (broad SMARTS) is 1. The van der Waals surface area contributed by atoms with Crippen LogP contribution >= 0.6 is 11.6 Å². The van der Waals surface area contributed by atoms with Gasteiger partial charge in [-0.25, -0.2) is 9.48 Å². The molecule has 0 atom stereocenters. The van der Waals surface area contributed by atoms with Crippen molar-refractivity contribution in [3.8, 4) is 5.69 Å². The number of carbonyl (C=O) groups is 1. The Morgan fingerprint density at radius 2 is 2.32 bits per heavy atom. The Kier molecular flexibility index (Phi) is 4.18. The quantitative estimate of drug-likeness (QED) is 0.909. The Labute approximate surface area is 133 Å². The Hall–Kier alpha value is -1.85. The molecule has 1 aliphatic rings. The second kappa shape index (κ2) is 6.10. The normalized spacial score (nSPS) is 13.9. The molecule has 0 amide bonds. The third-order valence-electron chi connectivity index (χ3n) is 3.92. The molecule has 1 aliphatic heterocycles. The van der Waals surface area contributed by atoms with E-state index in [1.807, 2.05) is 4.68 Å². The third-order valence-corrected chi connectivity index (χ3v) is 4.24. The van der Waals surface area contributed by atoms with E-state index in [0.717, 1.165) is 43.7 Å². The summed E-state index contributed by atoms with van der Waals surface area (Å²) in [6, 6.07) is 4.73. The van der Waals surface area contributed by atoms with Gasteiger partial charge in [-0.05, 0) is 24.6 Å². The summed E-state index contributed by atoms with van der Waals surface area (Å²) in [4.78, 5) is 11.2. The summed E-state index contributed by atoms with van der Waals surface area (Å²) < 4.78 is 1.83. The van der Waals surface area contributed by atoms with Crippen molar-refractivity contribution in [2.24, 2.45) is 0 Å². The molecule has 0 spiro atoms. The SMILES string of the molecule is CCCc1nn(-c2cc(C(=O)O)ccc2Cl)c2c1CNCC2. The summed E-state index contributed by atoms with van der Waals surface area (Å²) in [7, 11) is 0. The number of halogens is 1. The highest BCUT2D eigenvalue weighted by Gasteiger charge is 2.22. The van der Waals surface area contributed by atoms with Crippen LogP contribution in [0.3, 0.4) is 0 Å². The summed E-state index contributed by atoms with van der Waals surface area (Å²) in [5, 5.41) is 17.8. The number of aromatic carboxylic acids is 1. The predicted molar refractivity (Wildman–Crippen MR) is 84.9 cm³/mol. The molecule has 116 valence electrons. The van der Waals surface area contributed by atoms with E-state index < -0.39 is 5.97 Å². The van der Waals surface area contributed by atoms with Crippen LogP contribution in [0.5, 0.6) is 0 Å². The van der Waals surface area contributed by atoms with E-state index in [0.29, 0.717) is 10.7 Å². The smallest absolute Gasteiger partial charge is 0.335 e. The number of aromatic nitrogens is 2. The Balaban J connectivity index is 2.16.